The van der Waals surface area contributed by atoms with Gasteiger partial charge >= 0.3 is 12.1 Å². The number of carbonyl (C=O) groups excluding carboxylic acids is 2. The standard InChI is InChI=1S/C14H19F3N2O2/c15-14(16,17)13(21)18-5-12(20)19-6-9-4-8-2-1-3-10(8)11(9)7-19/h8-11H,1-7H2,(H,18,21)/t8?,9?,10?,11-/m0/s1. The van der Waals surface area contributed by atoms with Gasteiger partial charge in [0.25, 0.3) is 0 Å². The third-order valence-corrected chi connectivity index (χ3v) is 5.38. The van der Waals surface area contributed by atoms with E-state index in [2.05, 4.69) is 0 Å². The summed E-state index contributed by atoms with van der Waals surface area (Å²) in [5.74, 6) is 0.0460. The van der Waals surface area contributed by atoms with Crippen molar-refractivity contribution in [2.24, 2.45) is 23.7 Å². The van der Waals surface area contributed by atoms with Crippen molar-refractivity contribution in [1.29, 1.82) is 0 Å². The highest BCUT2D eigenvalue weighted by Gasteiger charge is 2.50. The first-order valence-electron chi connectivity index (χ1n) is 7.49. The molecule has 3 fully saturated rings. The molecule has 0 aromatic carbocycles. The van der Waals surface area contributed by atoms with E-state index in [1.54, 1.807) is 10.2 Å². The fourth-order valence-corrected chi connectivity index (χ4v) is 4.51. The third kappa shape index (κ3) is 2.74. The van der Waals surface area contributed by atoms with E-state index in [0.717, 1.165) is 12.3 Å². The van der Waals surface area contributed by atoms with Crippen LogP contribution in [0.3, 0.4) is 0 Å². The minimum Gasteiger partial charge on any atom is -0.341 e. The van der Waals surface area contributed by atoms with E-state index in [1.165, 1.54) is 19.3 Å². The van der Waals surface area contributed by atoms with Gasteiger partial charge in [-0.05, 0) is 36.5 Å². The van der Waals surface area contributed by atoms with Crippen LogP contribution in [-0.2, 0) is 9.59 Å². The Bertz CT molecular complexity index is 452. The topological polar surface area (TPSA) is 49.4 Å². The van der Waals surface area contributed by atoms with Gasteiger partial charge in [-0.2, -0.15) is 13.2 Å². The fraction of sp³-hybridized carbons (Fsp3) is 0.857. The SMILES string of the molecule is O=C(CNC(=O)C(F)(F)F)N1CC2CC3CCCC3[C@H]2C1. The average molecular weight is 304 g/mol. The van der Waals surface area contributed by atoms with Gasteiger partial charge in [-0.1, -0.05) is 12.8 Å². The van der Waals surface area contributed by atoms with Crippen LogP contribution in [0.4, 0.5) is 13.2 Å². The summed E-state index contributed by atoms with van der Waals surface area (Å²) < 4.78 is 36.2. The number of halogens is 3. The lowest BCUT2D eigenvalue weighted by Crippen LogP contribution is -2.44. The molecular weight excluding hydrogens is 285 g/mol. The summed E-state index contributed by atoms with van der Waals surface area (Å²) in [6.45, 7) is 0.719. The molecule has 2 aliphatic carbocycles. The summed E-state index contributed by atoms with van der Waals surface area (Å²) >= 11 is 0. The average Bonchev–Trinajstić information content (AvgIpc) is 3.04. The molecule has 0 radical (unpaired) electrons. The zero-order chi connectivity index (χ0) is 15.2. The number of fused-ring (bicyclic) bond motifs is 3. The molecule has 2 amide bonds. The monoisotopic (exact) mass is 304 g/mol. The second-order valence-electron chi connectivity index (χ2n) is 6.49. The first kappa shape index (κ1) is 14.7. The van der Waals surface area contributed by atoms with Gasteiger partial charge in [0, 0.05) is 13.1 Å². The Balaban J connectivity index is 1.51. The van der Waals surface area contributed by atoms with Gasteiger partial charge in [0.1, 0.15) is 0 Å². The predicted octanol–water partition coefficient (Wildman–Crippen LogP) is 1.56. The molecule has 0 spiro atoms. The maximum atomic E-state index is 12.1. The quantitative estimate of drug-likeness (QED) is 0.841. The van der Waals surface area contributed by atoms with Crippen LogP contribution in [-0.4, -0.2) is 42.5 Å². The minimum absolute atomic E-state index is 0.406. The number of alkyl halides is 3. The fourth-order valence-electron chi connectivity index (χ4n) is 4.51. The number of amides is 2. The molecule has 2 saturated carbocycles. The summed E-state index contributed by atoms with van der Waals surface area (Å²) in [6, 6.07) is 0. The molecule has 3 aliphatic rings. The van der Waals surface area contributed by atoms with Gasteiger partial charge in [-0.3, -0.25) is 9.59 Å². The van der Waals surface area contributed by atoms with Gasteiger partial charge in [0.15, 0.2) is 0 Å². The summed E-state index contributed by atoms with van der Waals surface area (Å²) in [7, 11) is 0. The molecule has 4 nitrogen and oxygen atoms in total. The Morgan fingerprint density at radius 1 is 1.10 bits per heavy atom. The van der Waals surface area contributed by atoms with Gasteiger partial charge in [0.2, 0.25) is 5.91 Å². The number of nitrogens with zero attached hydrogens (tertiary/aromatic N) is 1. The molecule has 4 atom stereocenters. The van der Waals surface area contributed by atoms with Crippen LogP contribution < -0.4 is 5.32 Å². The summed E-state index contributed by atoms with van der Waals surface area (Å²) in [5.41, 5.74) is 0. The molecule has 0 bridgehead atoms. The Labute approximate surface area is 121 Å². The van der Waals surface area contributed by atoms with Gasteiger partial charge < -0.3 is 10.2 Å². The molecule has 0 aromatic rings. The Kier molecular flexibility index (Phi) is 3.61. The van der Waals surface area contributed by atoms with Crippen LogP contribution in [0.5, 0.6) is 0 Å². The minimum atomic E-state index is -4.93. The van der Waals surface area contributed by atoms with E-state index in [1.807, 2.05) is 0 Å². The summed E-state index contributed by atoms with van der Waals surface area (Å²) in [6.07, 6.45) is -0.0209. The lowest BCUT2D eigenvalue weighted by molar-refractivity contribution is -0.174. The van der Waals surface area contributed by atoms with Crippen molar-refractivity contribution in [3.05, 3.63) is 0 Å². The highest BCUT2D eigenvalue weighted by atomic mass is 19.4. The smallest absolute Gasteiger partial charge is 0.341 e. The molecule has 1 N–H and O–H groups in total. The van der Waals surface area contributed by atoms with Gasteiger partial charge in [-0.25, -0.2) is 0 Å². The maximum Gasteiger partial charge on any atom is 0.471 e. The number of hydrogen-bond donors (Lipinski definition) is 1. The molecule has 1 aliphatic heterocycles. The number of likely N-dealkylation sites (tertiary alicyclic amines) is 1. The van der Waals surface area contributed by atoms with E-state index in [0.29, 0.717) is 30.8 Å². The predicted molar refractivity (Wildman–Crippen MR) is 68.1 cm³/mol. The summed E-state index contributed by atoms with van der Waals surface area (Å²) in [5, 5.41) is 1.66. The molecule has 118 valence electrons. The lowest BCUT2D eigenvalue weighted by atomic mass is 9.90. The molecule has 3 unspecified atom stereocenters. The second-order valence-corrected chi connectivity index (χ2v) is 6.49. The zero-order valence-electron chi connectivity index (χ0n) is 11.7. The van der Waals surface area contributed by atoms with E-state index in [4.69, 9.17) is 0 Å². The number of nitrogens with one attached hydrogen (secondary N) is 1. The number of carbonyl (C=O) groups is 2. The van der Waals surface area contributed by atoms with Crippen molar-refractivity contribution in [3.63, 3.8) is 0 Å². The molecule has 21 heavy (non-hydrogen) atoms. The van der Waals surface area contributed by atoms with Gasteiger partial charge in [-0.15, -0.1) is 0 Å². The first-order valence-corrected chi connectivity index (χ1v) is 7.49. The maximum absolute atomic E-state index is 12.1. The lowest BCUT2D eigenvalue weighted by Gasteiger charge is -2.21. The van der Waals surface area contributed by atoms with E-state index >= 15 is 0 Å². The van der Waals surface area contributed by atoms with Crippen LogP contribution in [0.15, 0.2) is 0 Å². The van der Waals surface area contributed by atoms with E-state index < -0.39 is 24.5 Å². The zero-order valence-corrected chi connectivity index (χ0v) is 11.7. The van der Waals surface area contributed by atoms with Crippen LogP contribution in [0, 0.1) is 23.7 Å². The third-order valence-electron chi connectivity index (χ3n) is 5.38. The van der Waals surface area contributed by atoms with Crippen molar-refractivity contribution >= 4 is 11.8 Å². The van der Waals surface area contributed by atoms with Crippen LogP contribution in [0.25, 0.3) is 0 Å². The number of hydrogen-bond acceptors (Lipinski definition) is 2. The Morgan fingerprint density at radius 2 is 1.86 bits per heavy atom. The highest BCUT2D eigenvalue weighted by molar-refractivity contribution is 5.87. The van der Waals surface area contributed by atoms with Crippen molar-refractivity contribution in [3.8, 4) is 0 Å². The molecule has 7 heteroatoms. The van der Waals surface area contributed by atoms with Crippen LogP contribution in [0.1, 0.15) is 25.7 Å². The van der Waals surface area contributed by atoms with Gasteiger partial charge in [0.05, 0.1) is 6.54 Å². The first-order chi connectivity index (χ1) is 9.86. The van der Waals surface area contributed by atoms with Crippen molar-refractivity contribution < 1.29 is 22.8 Å². The van der Waals surface area contributed by atoms with Crippen molar-refractivity contribution in [2.75, 3.05) is 19.6 Å². The number of rotatable bonds is 2. The molecule has 1 saturated heterocycles. The van der Waals surface area contributed by atoms with Crippen molar-refractivity contribution in [1.82, 2.24) is 10.2 Å². The van der Waals surface area contributed by atoms with Crippen LogP contribution >= 0.6 is 0 Å². The molecule has 1 heterocycles. The molecule has 0 aromatic heterocycles. The highest BCUT2D eigenvalue weighted by Crippen LogP contribution is 2.53. The largest absolute Gasteiger partial charge is 0.471 e. The Morgan fingerprint density at radius 3 is 2.57 bits per heavy atom. The molecule has 3 rings (SSSR count). The summed E-state index contributed by atoms with van der Waals surface area (Å²) in [4.78, 5) is 24.3. The van der Waals surface area contributed by atoms with E-state index in [-0.39, 0.29) is 0 Å². The normalized spacial score (nSPS) is 34.7. The van der Waals surface area contributed by atoms with Crippen molar-refractivity contribution in [2.45, 2.75) is 31.9 Å². The van der Waals surface area contributed by atoms with E-state index in [9.17, 15) is 22.8 Å². The second kappa shape index (κ2) is 5.18. The Hall–Kier alpha value is -1.27. The molecular formula is C14H19F3N2O2. The van der Waals surface area contributed by atoms with Crippen LogP contribution in [0.2, 0.25) is 0 Å².